The molecule has 3 amide bonds. The van der Waals surface area contributed by atoms with Crippen molar-refractivity contribution in [2.24, 2.45) is 0 Å². The number of carbonyl (C=O) groups is 4. The van der Waals surface area contributed by atoms with Crippen LogP contribution in [0.2, 0.25) is 0 Å². The zero-order chi connectivity index (χ0) is 24.3. The quantitative estimate of drug-likeness (QED) is 0.562. The average Bonchev–Trinajstić information content (AvgIpc) is 3.16. The van der Waals surface area contributed by atoms with Gasteiger partial charge in [-0.05, 0) is 31.0 Å². The third-order valence-electron chi connectivity index (χ3n) is 6.68. The monoisotopic (exact) mass is 463 g/mol. The molecule has 2 aliphatic rings. The van der Waals surface area contributed by atoms with Crippen LogP contribution < -0.4 is 4.90 Å². The molecule has 8 nitrogen and oxygen atoms in total. The molecule has 2 aromatic carbocycles. The van der Waals surface area contributed by atoms with Crippen LogP contribution in [0.5, 0.6) is 0 Å². The first-order valence-corrected chi connectivity index (χ1v) is 11.5. The van der Waals surface area contributed by atoms with E-state index in [-0.39, 0.29) is 49.6 Å². The van der Waals surface area contributed by atoms with Crippen LogP contribution in [0.25, 0.3) is 0 Å². The van der Waals surface area contributed by atoms with Crippen molar-refractivity contribution in [2.75, 3.05) is 25.1 Å². The summed E-state index contributed by atoms with van der Waals surface area (Å²) in [6, 6.07) is 16.7. The average molecular weight is 464 g/mol. The van der Waals surface area contributed by atoms with Gasteiger partial charge in [0.25, 0.3) is 5.91 Å². The molecule has 0 aliphatic carbocycles. The molecule has 0 radical (unpaired) electrons. The molecule has 1 unspecified atom stereocenters. The zero-order valence-corrected chi connectivity index (χ0v) is 19.5. The molecule has 2 aromatic rings. The second kappa shape index (κ2) is 9.67. The van der Waals surface area contributed by atoms with Gasteiger partial charge in [-0.3, -0.25) is 24.1 Å². The van der Waals surface area contributed by atoms with E-state index in [1.807, 2.05) is 43.3 Å². The minimum absolute atomic E-state index is 0.0254. The standard InChI is InChI=1S/C26H29N3O5/c1-26-15-12-23(31)29(26)21-11-7-6-10-20(21)25(33)28(26)17-13-22(30)27(16-14-24(32)34-2)18-19-8-4-3-5-9-19/h3-11H,12-18H2,1-2H3. The SMILES string of the molecule is COC(=O)CCN(Cc1ccccc1)C(=O)CCN1C(=O)c2ccccc2N2C(=O)CCC12C. The molecule has 34 heavy (non-hydrogen) atoms. The molecule has 178 valence electrons. The summed E-state index contributed by atoms with van der Waals surface area (Å²) in [7, 11) is 1.32. The Kier molecular flexibility index (Phi) is 6.68. The third-order valence-corrected chi connectivity index (χ3v) is 6.68. The van der Waals surface area contributed by atoms with Gasteiger partial charge in [0.05, 0.1) is 24.8 Å². The highest BCUT2D eigenvalue weighted by atomic mass is 16.5. The van der Waals surface area contributed by atoms with E-state index in [2.05, 4.69) is 0 Å². The zero-order valence-electron chi connectivity index (χ0n) is 19.5. The molecular formula is C26H29N3O5. The number of amides is 3. The summed E-state index contributed by atoms with van der Waals surface area (Å²) < 4.78 is 4.74. The Bertz CT molecular complexity index is 1100. The van der Waals surface area contributed by atoms with Gasteiger partial charge in [-0.1, -0.05) is 42.5 Å². The molecular weight excluding hydrogens is 434 g/mol. The van der Waals surface area contributed by atoms with Crippen molar-refractivity contribution in [1.82, 2.24) is 9.80 Å². The molecule has 0 saturated carbocycles. The number of nitrogens with zero attached hydrogens (tertiary/aromatic N) is 3. The van der Waals surface area contributed by atoms with E-state index in [9.17, 15) is 19.2 Å². The van der Waals surface area contributed by atoms with Gasteiger partial charge in [0, 0.05) is 32.5 Å². The lowest BCUT2D eigenvalue weighted by Gasteiger charge is -2.48. The highest BCUT2D eigenvalue weighted by molar-refractivity contribution is 6.10. The van der Waals surface area contributed by atoms with Crippen molar-refractivity contribution in [1.29, 1.82) is 0 Å². The first kappa shape index (κ1) is 23.5. The highest BCUT2D eigenvalue weighted by Crippen LogP contribution is 2.44. The largest absolute Gasteiger partial charge is 0.469 e. The maximum atomic E-state index is 13.4. The molecule has 2 aliphatic heterocycles. The fourth-order valence-corrected chi connectivity index (χ4v) is 4.83. The summed E-state index contributed by atoms with van der Waals surface area (Å²) >= 11 is 0. The van der Waals surface area contributed by atoms with Crippen LogP contribution in [0.3, 0.4) is 0 Å². The molecule has 0 bridgehead atoms. The van der Waals surface area contributed by atoms with E-state index in [1.54, 1.807) is 32.9 Å². The Balaban J connectivity index is 1.53. The van der Waals surface area contributed by atoms with E-state index in [0.29, 0.717) is 30.6 Å². The highest BCUT2D eigenvalue weighted by Gasteiger charge is 2.52. The van der Waals surface area contributed by atoms with E-state index in [0.717, 1.165) is 5.56 Å². The lowest BCUT2D eigenvalue weighted by Crippen LogP contribution is -2.62. The Labute approximate surface area is 199 Å². The molecule has 0 N–H and O–H groups in total. The summed E-state index contributed by atoms with van der Waals surface area (Å²) in [5.74, 6) is -0.760. The number of rotatable bonds is 8. The van der Waals surface area contributed by atoms with E-state index in [4.69, 9.17) is 4.74 Å². The molecule has 0 spiro atoms. The van der Waals surface area contributed by atoms with Gasteiger partial charge in [-0.25, -0.2) is 0 Å². The van der Waals surface area contributed by atoms with Crippen molar-refractivity contribution >= 4 is 29.4 Å². The van der Waals surface area contributed by atoms with Crippen LogP contribution in [-0.2, 0) is 25.7 Å². The van der Waals surface area contributed by atoms with Crippen LogP contribution in [0, 0.1) is 0 Å². The summed E-state index contributed by atoms with van der Waals surface area (Å²) in [5.41, 5.74) is 1.24. The Morgan fingerprint density at radius 3 is 2.47 bits per heavy atom. The number of anilines is 1. The molecule has 1 fully saturated rings. The van der Waals surface area contributed by atoms with Gasteiger partial charge in [0.15, 0.2) is 0 Å². The number of benzene rings is 2. The summed E-state index contributed by atoms with van der Waals surface area (Å²) in [6.45, 7) is 2.64. The van der Waals surface area contributed by atoms with Gasteiger partial charge in [-0.15, -0.1) is 0 Å². The predicted octanol–water partition coefficient (Wildman–Crippen LogP) is 2.97. The first-order chi connectivity index (χ1) is 16.3. The fourth-order valence-electron chi connectivity index (χ4n) is 4.83. The number of para-hydroxylation sites is 1. The summed E-state index contributed by atoms with van der Waals surface area (Å²) in [5, 5.41) is 0. The Hall–Kier alpha value is -3.68. The number of hydrogen-bond donors (Lipinski definition) is 0. The maximum Gasteiger partial charge on any atom is 0.307 e. The van der Waals surface area contributed by atoms with Crippen molar-refractivity contribution in [3.05, 3.63) is 65.7 Å². The fraction of sp³-hybridized carbons (Fsp3) is 0.385. The number of hydrogen-bond acceptors (Lipinski definition) is 5. The molecule has 0 aromatic heterocycles. The molecule has 1 saturated heterocycles. The molecule has 8 heteroatoms. The van der Waals surface area contributed by atoms with Gasteiger partial charge in [-0.2, -0.15) is 0 Å². The Morgan fingerprint density at radius 2 is 1.74 bits per heavy atom. The lowest BCUT2D eigenvalue weighted by atomic mass is 9.98. The second-order valence-electron chi connectivity index (χ2n) is 8.80. The van der Waals surface area contributed by atoms with Gasteiger partial charge >= 0.3 is 5.97 Å². The third kappa shape index (κ3) is 4.40. The van der Waals surface area contributed by atoms with E-state index in [1.165, 1.54) is 7.11 Å². The number of ether oxygens (including phenoxy) is 1. The topological polar surface area (TPSA) is 87.2 Å². The maximum absolute atomic E-state index is 13.4. The second-order valence-corrected chi connectivity index (χ2v) is 8.80. The minimum atomic E-state index is -0.806. The number of fused-ring (bicyclic) bond motifs is 3. The van der Waals surface area contributed by atoms with E-state index < -0.39 is 5.66 Å². The summed E-state index contributed by atoms with van der Waals surface area (Å²) in [6.07, 6.45) is 1.03. The van der Waals surface area contributed by atoms with Gasteiger partial charge in [0.1, 0.15) is 5.66 Å². The number of carbonyl (C=O) groups excluding carboxylic acids is 4. The minimum Gasteiger partial charge on any atom is -0.469 e. The Morgan fingerprint density at radius 1 is 1.03 bits per heavy atom. The molecule has 1 atom stereocenters. The first-order valence-electron chi connectivity index (χ1n) is 11.5. The molecule has 4 rings (SSSR count). The summed E-state index contributed by atoms with van der Waals surface area (Å²) in [4.78, 5) is 56.1. The number of esters is 1. The van der Waals surface area contributed by atoms with Crippen LogP contribution in [0.1, 0.15) is 48.5 Å². The van der Waals surface area contributed by atoms with Crippen LogP contribution in [-0.4, -0.2) is 59.4 Å². The van der Waals surface area contributed by atoms with Crippen molar-refractivity contribution in [2.45, 2.75) is 44.8 Å². The van der Waals surface area contributed by atoms with Crippen LogP contribution in [0.15, 0.2) is 54.6 Å². The van der Waals surface area contributed by atoms with Crippen LogP contribution >= 0.6 is 0 Å². The van der Waals surface area contributed by atoms with E-state index >= 15 is 0 Å². The molecule has 2 heterocycles. The van der Waals surface area contributed by atoms with Crippen molar-refractivity contribution < 1.29 is 23.9 Å². The predicted molar refractivity (Wildman–Crippen MR) is 126 cm³/mol. The van der Waals surface area contributed by atoms with Gasteiger partial charge < -0.3 is 14.5 Å². The van der Waals surface area contributed by atoms with Crippen LogP contribution in [0.4, 0.5) is 5.69 Å². The van der Waals surface area contributed by atoms with Gasteiger partial charge in [0.2, 0.25) is 11.8 Å². The van der Waals surface area contributed by atoms with Crippen molar-refractivity contribution in [3.63, 3.8) is 0 Å². The number of methoxy groups -OCH3 is 1. The lowest BCUT2D eigenvalue weighted by molar-refractivity contribution is -0.142. The smallest absolute Gasteiger partial charge is 0.307 e. The van der Waals surface area contributed by atoms with Crippen molar-refractivity contribution in [3.8, 4) is 0 Å². The normalized spacial score (nSPS) is 19.0.